The van der Waals surface area contributed by atoms with Crippen LogP contribution in [0.15, 0.2) is 36.4 Å². The first kappa shape index (κ1) is 10.9. The lowest BCUT2D eigenvalue weighted by Crippen LogP contribution is -2.12. The zero-order valence-electron chi connectivity index (χ0n) is 9.79. The number of Topliss-reactive ketones (excluding diaryl/α,β-unsaturated/α-hetero) is 1. The van der Waals surface area contributed by atoms with Gasteiger partial charge in [0.15, 0.2) is 7.28 Å². The van der Waals surface area contributed by atoms with E-state index in [0.29, 0.717) is 6.42 Å². The van der Waals surface area contributed by atoms with E-state index in [2.05, 4.69) is 37.2 Å². The van der Waals surface area contributed by atoms with Crippen molar-refractivity contribution >= 4 is 29.3 Å². The summed E-state index contributed by atoms with van der Waals surface area (Å²) in [4.78, 5) is 11.2. The Bertz CT molecular complexity index is 531. The van der Waals surface area contributed by atoms with Gasteiger partial charge in [0.2, 0.25) is 0 Å². The van der Waals surface area contributed by atoms with Gasteiger partial charge in [0.25, 0.3) is 0 Å². The number of fused-ring (bicyclic) bond motifs is 1. The Morgan fingerprint density at radius 3 is 2.44 bits per heavy atom. The van der Waals surface area contributed by atoms with E-state index in [1.807, 2.05) is 6.07 Å². The lowest BCUT2D eigenvalue weighted by molar-refractivity contribution is -0.116. The van der Waals surface area contributed by atoms with E-state index in [4.69, 9.17) is 0 Å². The maximum atomic E-state index is 11.2. The number of carbonyl (C=O) groups excluding carboxylic acids is 1. The Balaban J connectivity index is 2.64. The molecule has 0 unspecified atom stereocenters. The van der Waals surface area contributed by atoms with Crippen LogP contribution in [0.4, 0.5) is 0 Å². The summed E-state index contributed by atoms with van der Waals surface area (Å²) in [5.41, 5.74) is 2.49. The molecular weight excluding hydrogens is 195 g/mol. The molecule has 16 heavy (non-hydrogen) atoms. The normalized spacial score (nSPS) is 10.4. The predicted molar refractivity (Wildman–Crippen MR) is 71.0 cm³/mol. The summed E-state index contributed by atoms with van der Waals surface area (Å²) < 4.78 is 0. The molecule has 0 bridgehead atoms. The maximum Gasteiger partial charge on any atom is 0.155 e. The molecule has 1 nitrogen and oxygen atoms in total. The molecule has 0 saturated heterocycles. The van der Waals surface area contributed by atoms with E-state index in [1.165, 1.54) is 16.2 Å². The van der Waals surface area contributed by atoms with Gasteiger partial charge in [-0.3, -0.25) is 4.79 Å². The summed E-state index contributed by atoms with van der Waals surface area (Å²) in [5.74, 6) is 0.217. The SMILES string of the molecule is CBc1ccc(CC(C)=O)c2ccccc12. The average molecular weight is 210 g/mol. The van der Waals surface area contributed by atoms with Crippen molar-refractivity contribution in [3.63, 3.8) is 0 Å². The summed E-state index contributed by atoms with van der Waals surface area (Å²) in [5, 5.41) is 2.50. The number of rotatable bonds is 3. The minimum absolute atomic E-state index is 0.217. The third kappa shape index (κ3) is 2.01. The smallest absolute Gasteiger partial charge is 0.155 e. The standard InChI is InChI=1S/C14H15BO/c1-10(16)9-11-7-8-14(15-2)13-6-4-3-5-12(11)13/h3-8,15H,9H2,1-2H3. The summed E-state index contributed by atoms with van der Waals surface area (Å²) in [6.07, 6.45) is 0.532. The van der Waals surface area contributed by atoms with Crippen LogP contribution in [-0.4, -0.2) is 13.1 Å². The number of benzene rings is 2. The second-order valence-electron chi connectivity index (χ2n) is 4.16. The van der Waals surface area contributed by atoms with E-state index in [9.17, 15) is 4.79 Å². The van der Waals surface area contributed by atoms with Gasteiger partial charge in [-0.15, -0.1) is 0 Å². The molecule has 0 N–H and O–H groups in total. The van der Waals surface area contributed by atoms with Gasteiger partial charge in [0.05, 0.1) is 0 Å². The summed E-state index contributed by atoms with van der Waals surface area (Å²) in [6, 6.07) is 12.6. The molecule has 2 heteroatoms. The van der Waals surface area contributed by atoms with Crippen molar-refractivity contribution in [3.8, 4) is 0 Å². The van der Waals surface area contributed by atoms with E-state index < -0.39 is 0 Å². The van der Waals surface area contributed by atoms with E-state index in [0.717, 1.165) is 12.8 Å². The second-order valence-corrected chi connectivity index (χ2v) is 4.16. The highest BCUT2D eigenvalue weighted by molar-refractivity contribution is 6.55. The summed E-state index contributed by atoms with van der Waals surface area (Å²) in [7, 11) is 1.03. The van der Waals surface area contributed by atoms with Gasteiger partial charge in [0, 0.05) is 6.42 Å². The van der Waals surface area contributed by atoms with Gasteiger partial charge >= 0.3 is 0 Å². The molecule has 0 aliphatic rings. The number of hydrogen-bond acceptors (Lipinski definition) is 1. The molecule has 0 aromatic heterocycles. The Labute approximate surface area is 96.7 Å². The van der Waals surface area contributed by atoms with E-state index in [-0.39, 0.29) is 5.78 Å². The molecule has 0 aliphatic heterocycles. The van der Waals surface area contributed by atoms with Crippen LogP contribution in [0.5, 0.6) is 0 Å². The predicted octanol–water partition coefficient (Wildman–Crippen LogP) is 2.08. The molecule has 2 rings (SSSR count). The maximum absolute atomic E-state index is 11.2. The van der Waals surface area contributed by atoms with E-state index >= 15 is 0 Å². The summed E-state index contributed by atoms with van der Waals surface area (Å²) in [6.45, 7) is 3.80. The van der Waals surface area contributed by atoms with Gasteiger partial charge < -0.3 is 0 Å². The fourth-order valence-electron chi connectivity index (χ4n) is 2.15. The van der Waals surface area contributed by atoms with E-state index in [1.54, 1.807) is 6.92 Å². The average Bonchev–Trinajstić information content (AvgIpc) is 2.29. The first-order valence-electron chi connectivity index (χ1n) is 5.71. The molecule has 0 spiro atoms. The minimum Gasteiger partial charge on any atom is -0.300 e. The van der Waals surface area contributed by atoms with Crippen molar-refractivity contribution in [2.24, 2.45) is 0 Å². The van der Waals surface area contributed by atoms with Crippen molar-refractivity contribution in [1.82, 2.24) is 0 Å². The third-order valence-corrected chi connectivity index (χ3v) is 2.92. The van der Waals surface area contributed by atoms with Crippen LogP contribution in [0.2, 0.25) is 6.82 Å². The second kappa shape index (κ2) is 4.52. The molecule has 0 aliphatic carbocycles. The van der Waals surface area contributed by atoms with Crippen LogP contribution in [0.25, 0.3) is 10.8 Å². The molecule has 0 amide bonds. The van der Waals surface area contributed by atoms with Gasteiger partial charge in [-0.2, -0.15) is 0 Å². The first-order chi connectivity index (χ1) is 7.72. The summed E-state index contributed by atoms with van der Waals surface area (Å²) >= 11 is 0. The molecular formula is C14H15BO. The Hall–Kier alpha value is -1.57. The first-order valence-corrected chi connectivity index (χ1v) is 5.71. The molecule has 80 valence electrons. The Morgan fingerprint density at radius 1 is 1.12 bits per heavy atom. The Kier molecular flexibility index (Phi) is 3.09. The number of ketones is 1. The lowest BCUT2D eigenvalue weighted by Gasteiger charge is -2.08. The van der Waals surface area contributed by atoms with Gasteiger partial charge in [-0.05, 0) is 23.3 Å². The molecule has 0 atom stereocenters. The Morgan fingerprint density at radius 2 is 1.81 bits per heavy atom. The molecule has 0 heterocycles. The highest BCUT2D eigenvalue weighted by Gasteiger charge is 2.06. The fraction of sp³-hybridized carbons (Fsp3) is 0.214. The van der Waals surface area contributed by atoms with Crippen molar-refractivity contribution < 1.29 is 4.79 Å². The topological polar surface area (TPSA) is 17.1 Å². The highest BCUT2D eigenvalue weighted by Crippen LogP contribution is 2.17. The zero-order valence-corrected chi connectivity index (χ0v) is 9.79. The minimum atomic E-state index is 0.217. The number of hydrogen-bond donors (Lipinski definition) is 0. The fourth-order valence-corrected chi connectivity index (χ4v) is 2.15. The van der Waals surface area contributed by atoms with Crippen molar-refractivity contribution in [3.05, 3.63) is 42.0 Å². The van der Waals surface area contributed by atoms with Crippen LogP contribution < -0.4 is 5.46 Å². The van der Waals surface area contributed by atoms with Crippen molar-refractivity contribution in [2.45, 2.75) is 20.2 Å². The van der Waals surface area contributed by atoms with Crippen LogP contribution in [0.1, 0.15) is 12.5 Å². The monoisotopic (exact) mass is 210 g/mol. The van der Waals surface area contributed by atoms with Crippen LogP contribution in [0.3, 0.4) is 0 Å². The quantitative estimate of drug-likeness (QED) is 0.709. The molecule has 2 aromatic carbocycles. The van der Waals surface area contributed by atoms with Gasteiger partial charge in [-0.1, -0.05) is 48.7 Å². The zero-order chi connectivity index (χ0) is 11.5. The van der Waals surface area contributed by atoms with Crippen LogP contribution >= 0.6 is 0 Å². The third-order valence-electron chi connectivity index (χ3n) is 2.92. The largest absolute Gasteiger partial charge is 0.300 e. The van der Waals surface area contributed by atoms with Crippen molar-refractivity contribution in [2.75, 3.05) is 0 Å². The van der Waals surface area contributed by atoms with Crippen molar-refractivity contribution in [1.29, 1.82) is 0 Å². The van der Waals surface area contributed by atoms with Crippen LogP contribution in [-0.2, 0) is 11.2 Å². The number of carbonyl (C=O) groups is 1. The molecule has 0 saturated carbocycles. The lowest BCUT2D eigenvalue weighted by atomic mass is 9.70. The molecule has 0 fully saturated rings. The van der Waals surface area contributed by atoms with Gasteiger partial charge in [-0.25, -0.2) is 0 Å². The van der Waals surface area contributed by atoms with Crippen LogP contribution in [0, 0.1) is 0 Å². The molecule has 0 radical (unpaired) electrons. The van der Waals surface area contributed by atoms with Gasteiger partial charge in [0.1, 0.15) is 5.78 Å². The molecule has 2 aromatic rings. The highest BCUT2D eigenvalue weighted by atomic mass is 16.1.